The Hall–Kier alpha value is -2.37. The number of amides is 2. The Morgan fingerprint density at radius 2 is 2.29 bits per heavy atom. The van der Waals surface area contributed by atoms with Crippen LogP contribution in [0.3, 0.4) is 0 Å². The van der Waals surface area contributed by atoms with Crippen LogP contribution in [0.4, 0.5) is 5.69 Å². The Balaban J connectivity index is 1.74. The van der Waals surface area contributed by atoms with Gasteiger partial charge in [-0.2, -0.15) is 0 Å². The van der Waals surface area contributed by atoms with Crippen LogP contribution in [0.5, 0.6) is 0 Å². The SMILES string of the molecule is Cc1nc2ccc(NC(=O)[C@@H](C)N3CCCC3=O)cc2[nH]1. The van der Waals surface area contributed by atoms with E-state index in [0.29, 0.717) is 18.7 Å². The number of rotatable bonds is 3. The zero-order valence-electron chi connectivity index (χ0n) is 12.1. The van der Waals surface area contributed by atoms with Crippen LogP contribution >= 0.6 is 0 Å². The molecule has 1 aliphatic rings. The number of anilines is 1. The maximum atomic E-state index is 12.3. The normalized spacial score (nSPS) is 16.5. The molecule has 0 radical (unpaired) electrons. The molecule has 1 aliphatic heterocycles. The molecule has 2 N–H and O–H groups in total. The van der Waals surface area contributed by atoms with Gasteiger partial charge in [0.05, 0.1) is 11.0 Å². The first-order chi connectivity index (χ1) is 10.0. The van der Waals surface area contributed by atoms with E-state index in [0.717, 1.165) is 23.3 Å². The van der Waals surface area contributed by atoms with Crippen LogP contribution in [-0.4, -0.2) is 39.3 Å². The number of nitrogens with zero attached hydrogens (tertiary/aromatic N) is 2. The number of likely N-dealkylation sites (tertiary alicyclic amines) is 1. The quantitative estimate of drug-likeness (QED) is 0.903. The molecule has 1 aromatic heterocycles. The summed E-state index contributed by atoms with van der Waals surface area (Å²) >= 11 is 0. The van der Waals surface area contributed by atoms with Crippen molar-refractivity contribution in [2.45, 2.75) is 32.7 Å². The van der Waals surface area contributed by atoms with Gasteiger partial charge in [-0.1, -0.05) is 0 Å². The number of carbonyl (C=O) groups is 2. The summed E-state index contributed by atoms with van der Waals surface area (Å²) in [4.78, 5) is 33.0. The maximum absolute atomic E-state index is 12.3. The smallest absolute Gasteiger partial charge is 0.246 e. The Bertz CT molecular complexity index is 707. The summed E-state index contributed by atoms with van der Waals surface area (Å²) in [5.74, 6) is 0.725. The van der Waals surface area contributed by atoms with E-state index in [4.69, 9.17) is 0 Å². The summed E-state index contributed by atoms with van der Waals surface area (Å²) in [7, 11) is 0. The fourth-order valence-corrected chi connectivity index (χ4v) is 2.68. The second kappa shape index (κ2) is 5.20. The molecule has 110 valence electrons. The predicted molar refractivity (Wildman–Crippen MR) is 79.9 cm³/mol. The van der Waals surface area contributed by atoms with Crippen molar-refractivity contribution in [3.05, 3.63) is 24.0 Å². The van der Waals surface area contributed by atoms with Crippen LogP contribution < -0.4 is 5.32 Å². The van der Waals surface area contributed by atoms with Gasteiger partial charge in [0.15, 0.2) is 0 Å². The van der Waals surface area contributed by atoms with Gasteiger partial charge >= 0.3 is 0 Å². The summed E-state index contributed by atoms with van der Waals surface area (Å²) in [6, 6.07) is 5.09. The molecule has 2 amide bonds. The Morgan fingerprint density at radius 3 is 3.00 bits per heavy atom. The number of imidazole rings is 1. The zero-order valence-corrected chi connectivity index (χ0v) is 12.1. The lowest BCUT2D eigenvalue weighted by Crippen LogP contribution is -2.42. The predicted octanol–water partition coefficient (Wildman–Crippen LogP) is 1.82. The molecule has 21 heavy (non-hydrogen) atoms. The van der Waals surface area contributed by atoms with Gasteiger partial charge in [0.25, 0.3) is 0 Å². The van der Waals surface area contributed by atoms with Crippen LogP contribution in [0.25, 0.3) is 11.0 Å². The monoisotopic (exact) mass is 286 g/mol. The van der Waals surface area contributed by atoms with Crippen molar-refractivity contribution < 1.29 is 9.59 Å². The lowest BCUT2D eigenvalue weighted by atomic mass is 10.2. The molecule has 2 aromatic rings. The summed E-state index contributed by atoms with van der Waals surface area (Å²) < 4.78 is 0. The van der Waals surface area contributed by atoms with E-state index in [1.54, 1.807) is 11.8 Å². The first-order valence-electron chi connectivity index (χ1n) is 7.11. The molecular weight excluding hydrogens is 268 g/mol. The largest absolute Gasteiger partial charge is 0.342 e. The molecule has 6 nitrogen and oxygen atoms in total. The second-order valence-electron chi connectivity index (χ2n) is 5.41. The Kier molecular flexibility index (Phi) is 3.37. The number of carbonyl (C=O) groups excluding carboxylic acids is 2. The number of hydrogen-bond acceptors (Lipinski definition) is 3. The van der Waals surface area contributed by atoms with Crippen LogP contribution in [0.1, 0.15) is 25.6 Å². The van der Waals surface area contributed by atoms with E-state index in [2.05, 4.69) is 15.3 Å². The highest BCUT2D eigenvalue weighted by Gasteiger charge is 2.29. The minimum Gasteiger partial charge on any atom is -0.342 e. The third kappa shape index (κ3) is 2.61. The fourth-order valence-electron chi connectivity index (χ4n) is 2.68. The molecule has 0 bridgehead atoms. The van der Waals surface area contributed by atoms with Crippen LogP contribution in [0.15, 0.2) is 18.2 Å². The van der Waals surface area contributed by atoms with Gasteiger partial charge in [0, 0.05) is 18.7 Å². The second-order valence-corrected chi connectivity index (χ2v) is 5.41. The molecule has 6 heteroatoms. The average Bonchev–Trinajstić information content (AvgIpc) is 3.02. The van der Waals surface area contributed by atoms with Gasteiger partial charge < -0.3 is 15.2 Å². The zero-order chi connectivity index (χ0) is 15.0. The van der Waals surface area contributed by atoms with E-state index in [1.165, 1.54) is 0 Å². The Labute approximate surface area is 122 Å². The number of fused-ring (bicyclic) bond motifs is 1. The highest BCUT2D eigenvalue weighted by molar-refractivity contribution is 5.98. The molecule has 0 unspecified atom stereocenters. The third-order valence-corrected chi connectivity index (χ3v) is 3.82. The van der Waals surface area contributed by atoms with Crippen molar-refractivity contribution in [3.8, 4) is 0 Å². The lowest BCUT2D eigenvalue weighted by molar-refractivity contribution is -0.134. The summed E-state index contributed by atoms with van der Waals surface area (Å²) in [6.07, 6.45) is 1.37. The van der Waals surface area contributed by atoms with Gasteiger partial charge in [-0.25, -0.2) is 4.98 Å². The van der Waals surface area contributed by atoms with Gasteiger partial charge in [-0.05, 0) is 38.5 Å². The number of benzene rings is 1. The minimum atomic E-state index is -0.445. The third-order valence-electron chi connectivity index (χ3n) is 3.82. The van der Waals surface area contributed by atoms with Crippen LogP contribution in [0.2, 0.25) is 0 Å². The molecule has 1 fully saturated rings. The van der Waals surface area contributed by atoms with E-state index in [1.807, 2.05) is 25.1 Å². The van der Waals surface area contributed by atoms with Gasteiger partial charge in [0.2, 0.25) is 11.8 Å². The van der Waals surface area contributed by atoms with E-state index in [9.17, 15) is 9.59 Å². The number of H-pyrrole nitrogens is 1. The van der Waals surface area contributed by atoms with Crippen molar-refractivity contribution in [2.75, 3.05) is 11.9 Å². The van der Waals surface area contributed by atoms with Crippen molar-refractivity contribution >= 4 is 28.5 Å². The van der Waals surface area contributed by atoms with Gasteiger partial charge in [-0.15, -0.1) is 0 Å². The number of aromatic nitrogens is 2. The molecule has 1 atom stereocenters. The molecule has 1 saturated heterocycles. The van der Waals surface area contributed by atoms with Crippen molar-refractivity contribution in [2.24, 2.45) is 0 Å². The lowest BCUT2D eigenvalue weighted by Gasteiger charge is -2.23. The first kappa shape index (κ1) is 13.6. The number of nitrogens with one attached hydrogen (secondary N) is 2. The summed E-state index contributed by atoms with van der Waals surface area (Å²) in [6.45, 7) is 4.31. The molecule has 3 rings (SSSR count). The molecule has 0 saturated carbocycles. The highest BCUT2D eigenvalue weighted by atomic mass is 16.2. The van der Waals surface area contributed by atoms with Crippen molar-refractivity contribution in [1.82, 2.24) is 14.9 Å². The van der Waals surface area contributed by atoms with Crippen molar-refractivity contribution in [3.63, 3.8) is 0 Å². The highest BCUT2D eigenvalue weighted by Crippen LogP contribution is 2.19. The summed E-state index contributed by atoms with van der Waals surface area (Å²) in [5, 5.41) is 2.86. The molecule has 2 heterocycles. The maximum Gasteiger partial charge on any atom is 0.246 e. The Morgan fingerprint density at radius 1 is 1.48 bits per heavy atom. The molecular formula is C15H18N4O2. The summed E-state index contributed by atoms with van der Waals surface area (Å²) in [5.41, 5.74) is 2.46. The van der Waals surface area contributed by atoms with E-state index < -0.39 is 6.04 Å². The first-order valence-corrected chi connectivity index (χ1v) is 7.11. The average molecular weight is 286 g/mol. The number of aromatic amines is 1. The standard InChI is InChI=1S/C15H18N4O2/c1-9(19-7-3-4-14(19)20)15(21)18-11-5-6-12-13(8-11)17-10(2)16-12/h5-6,8-9H,3-4,7H2,1-2H3,(H,16,17)(H,18,21)/t9-/m1/s1. The van der Waals surface area contributed by atoms with Crippen molar-refractivity contribution in [1.29, 1.82) is 0 Å². The van der Waals surface area contributed by atoms with Gasteiger partial charge in [-0.3, -0.25) is 9.59 Å². The fraction of sp³-hybridized carbons (Fsp3) is 0.400. The van der Waals surface area contributed by atoms with Crippen LogP contribution in [0, 0.1) is 6.92 Å². The minimum absolute atomic E-state index is 0.0531. The van der Waals surface area contributed by atoms with E-state index in [-0.39, 0.29) is 11.8 Å². The van der Waals surface area contributed by atoms with Gasteiger partial charge in [0.1, 0.15) is 11.9 Å². The number of aryl methyl sites for hydroxylation is 1. The molecule has 0 aliphatic carbocycles. The van der Waals surface area contributed by atoms with Crippen LogP contribution in [-0.2, 0) is 9.59 Å². The van der Waals surface area contributed by atoms with E-state index >= 15 is 0 Å². The number of hydrogen-bond donors (Lipinski definition) is 2. The molecule has 0 spiro atoms. The topological polar surface area (TPSA) is 78.1 Å². The molecule has 1 aromatic carbocycles.